The van der Waals surface area contributed by atoms with Crippen molar-refractivity contribution in [2.75, 3.05) is 7.05 Å². The highest BCUT2D eigenvalue weighted by Gasteiger charge is 2.33. The maximum atomic E-state index is 13.5. The molecule has 21 heavy (non-hydrogen) atoms. The van der Waals surface area contributed by atoms with Crippen LogP contribution in [0.4, 0.5) is 4.39 Å². The summed E-state index contributed by atoms with van der Waals surface area (Å²) in [5.41, 5.74) is 1.52. The molecular formula is C13H13BBrFN2O2S. The molecule has 1 unspecified atom stereocenters. The zero-order chi connectivity index (χ0) is 15.7. The van der Waals surface area contributed by atoms with Gasteiger partial charge in [0.1, 0.15) is 5.82 Å². The first kappa shape index (κ1) is 16.3. The lowest BCUT2D eigenvalue weighted by Crippen LogP contribution is -2.24. The van der Waals surface area contributed by atoms with E-state index in [1.54, 1.807) is 6.92 Å². The number of carbonyl (C=O) groups excluding carboxylic acids is 1. The minimum Gasteiger partial charge on any atom is -0.385 e. The lowest BCUT2D eigenvalue weighted by atomic mass is 9.74. The van der Waals surface area contributed by atoms with Crippen molar-refractivity contribution < 1.29 is 14.3 Å². The normalized spacial score (nSPS) is 15.6. The van der Waals surface area contributed by atoms with Crippen LogP contribution in [0.15, 0.2) is 32.6 Å². The van der Waals surface area contributed by atoms with E-state index in [-0.39, 0.29) is 17.3 Å². The number of rotatable bonds is 3. The van der Waals surface area contributed by atoms with Crippen molar-refractivity contribution >= 4 is 46.7 Å². The molecular weight excluding hydrogens is 358 g/mol. The number of hydrogen-bond donors (Lipinski definition) is 3. The Bertz CT molecular complexity index is 666. The summed E-state index contributed by atoms with van der Waals surface area (Å²) >= 11 is 7.55. The van der Waals surface area contributed by atoms with E-state index in [1.807, 2.05) is 0 Å². The van der Waals surface area contributed by atoms with E-state index in [0.29, 0.717) is 21.1 Å². The third-order valence-electron chi connectivity index (χ3n) is 3.35. The molecule has 0 aromatic heterocycles. The summed E-state index contributed by atoms with van der Waals surface area (Å²) in [5.74, 6) is -0.720. The van der Waals surface area contributed by atoms with Crippen LogP contribution in [0.2, 0.25) is 0 Å². The molecule has 1 aromatic carbocycles. The number of carbonyl (C=O) groups is 1. The molecule has 0 fully saturated rings. The molecule has 0 bridgehead atoms. The third-order valence-corrected chi connectivity index (χ3v) is 4.81. The van der Waals surface area contributed by atoms with Gasteiger partial charge in [-0.1, -0.05) is 22.0 Å². The summed E-state index contributed by atoms with van der Waals surface area (Å²) < 4.78 is 14.0. The zero-order valence-corrected chi connectivity index (χ0v) is 13.9. The van der Waals surface area contributed by atoms with Crippen LogP contribution >= 0.6 is 28.4 Å². The standard InChI is InChI=1S/C13H13BBrFN2O2S/c1-6-9(16)4-3-7(11(6)15)12(19)10-8(13(20)17-2)5-18-14(10)21/h3-5,12,19,21H,1-2H3,(H,17,20). The van der Waals surface area contributed by atoms with Gasteiger partial charge in [-0.25, -0.2) is 4.39 Å². The Morgan fingerprint density at radius 2 is 2.24 bits per heavy atom. The molecule has 1 heterocycles. The predicted octanol–water partition coefficient (Wildman–Crippen LogP) is 2.01. The second-order valence-corrected chi connectivity index (χ2v) is 5.86. The minimum absolute atomic E-state index is 0.277. The molecule has 0 saturated carbocycles. The van der Waals surface area contributed by atoms with Gasteiger partial charge in [0.05, 0.1) is 11.7 Å². The van der Waals surface area contributed by atoms with Gasteiger partial charge in [-0.2, -0.15) is 12.5 Å². The van der Waals surface area contributed by atoms with Crippen molar-refractivity contribution in [3.63, 3.8) is 0 Å². The largest absolute Gasteiger partial charge is 0.385 e. The Hall–Kier alpha value is -1.12. The van der Waals surface area contributed by atoms with Gasteiger partial charge in [0.2, 0.25) is 0 Å². The maximum Gasteiger partial charge on any atom is 0.373 e. The van der Waals surface area contributed by atoms with Crippen LogP contribution in [0, 0.1) is 12.7 Å². The number of halogens is 2. The van der Waals surface area contributed by atoms with Crippen molar-refractivity contribution in [3.05, 3.63) is 44.6 Å². The summed E-state index contributed by atoms with van der Waals surface area (Å²) in [6.45, 7) is 1.60. The maximum absolute atomic E-state index is 13.5. The second-order valence-electron chi connectivity index (χ2n) is 4.58. The van der Waals surface area contributed by atoms with Gasteiger partial charge in [0.25, 0.3) is 5.91 Å². The molecule has 0 saturated heterocycles. The first-order chi connectivity index (χ1) is 9.88. The number of nitrogens with one attached hydrogen (secondary N) is 1. The lowest BCUT2D eigenvalue weighted by Gasteiger charge is -2.18. The lowest BCUT2D eigenvalue weighted by molar-refractivity contribution is -0.116. The van der Waals surface area contributed by atoms with Crippen LogP contribution in [0.25, 0.3) is 0 Å². The third kappa shape index (κ3) is 2.93. The average molecular weight is 371 g/mol. The second kappa shape index (κ2) is 6.33. The average Bonchev–Trinajstić information content (AvgIpc) is 2.85. The molecule has 8 heteroatoms. The van der Waals surface area contributed by atoms with Crippen LogP contribution in [0.5, 0.6) is 0 Å². The summed E-state index contributed by atoms with van der Waals surface area (Å²) in [7, 11) is 1.50. The predicted molar refractivity (Wildman–Crippen MR) is 88.1 cm³/mol. The van der Waals surface area contributed by atoms with Crippen molar-refractivity contribution in [2.45, 2.75) is 13.0 Å². The van der Waals surface area contributed by atoms with Crippen molar-refractivity contribution in [1.29, 1.82) is 0 Å². The van der Waals surface area contributed by atoms with Gasteiger partial charge in [-0.15, -0.1) is 0 Å². The van der Waals surface area contributed by atoms with Gasteiger partial charge in [-0.05, 0) is 29.6 Å². The zero-order valence-electron chi connectivity index (χ0n) is 11.4. The molecule has 1 atom stereocenters. The van der Waals surface area contributed by atoms with Gasteiger partial charge in [-0.3, -0.25) is 4.79 Å². The Balaban J connectivity index is 2.51. The Morgan fingerprint density at radius 1 is 1.57 bits per heavy atom. The van der Waals surface area contributed by atoms with E-state index < -0.39 is 12.2 Å². The molecule has 2 N–H and O–H groups in total. The van der Waals surface area contributed by atoms with E-state index >= 15 is 0 Å². The van der Waals surface area contributed by atoms with E-state index in [1.165, 1.54) is 25.4 Å². The number of benzene rings is 1. The van der Waals surface area contributed by atoms with E-state index in [4.69, 9.17) is 0 Å². The number of nitrogens with zero attached hydrogens (tertiary/aromatic N) is 1. The molecule has 110 valence electrons. The first-order valence-corrected chi connectivity index (χ1v) is 7.49. The van der Waals surface area contributed by atoms with Crippen LogP contribution in [0.1, 0.15) is 17.2 Å². The highest BCUT2D eigenvalue weighted by molar-refractivity contribution is 9.10. The van der Waals surface area contributed by atoms with Crippen LogP contribution < -0.4 is 5.32 Å². The molecule has 2 rings (SSSR count). The van der Waals surface area contributed by atoms with Crippen molar-refractivity contribution in [1.82, 2.24) is 5.32 Å². The Morgan fingerprint density at radius 3 is 2.86 bits per heavy atom. The number of thiol groups is 1. The fourth-order valence-electron chi connectivity index (χ4n) is 2.11. The smallest absolute Gasteiger partial charge is 0.373 e. The fraction of sp³-hybridized carbons (Fsp3) is 0.231. The summed E-state index contributed by atoms with van der Waals surface area (Å²) in [4.78, 5) is 15.9. The topological polar surface area (TPSA) is 61.7 Å². The minimum atomic E-state index is -1.10. The number of amides is 1. The number of likely N-dealkylation sites (N-methyl/N-ethyl adjacent to an activating group) is 1. The quantitative estimate of drug-likeness (QED) is 0.563. The van der Waals surface area contributed by atoms with Crippen LogP contribution in [-0.2, 0) is 4.79 Å². The molecule has 1 aromatic rings. The van der Waals surface area contributed by atoms with E-state index in [2.05, 4.69) is 38.6 Å². The summed E-state index contributed by atoms with van der Waals surface area (Å²) in [5, 5.41) is 13.1. The highest BCUT2D eigenvalue weighted by atomic mass is 79.9. The number of aliphatic hydroxyl groups excluding tert-OH is 1. The van der Waals surface area contributed by atoms with E-state index in [0.717, 1.165) is 0 Å². The van der Waals surface area contributed by atoms with Crippen molar-refractivity contribution in [3.8, 4) is 0 Å². The van der Waals surface area contributed by atoms with Gasteiger partial charge >= 0.3 is 6.13 Å². The highest BCUT2D eigenvalue weighted by Crippen LogP contribution is 2.36. The van der Waals surface area contributed by atoms with E-state index in [9.17, 15) is 14.3 Å². The molecule has 0 radical (unpaired) electrons. The number of aliphatic hydroxyl groups is 1. The first-order valence-electron chi connectivity index (χ1n) is 6.18. The monoisotopic (exact) mass is 370 g/mol. The van der Waals surface area contributed by atoms with Crippen LogP contribution in [-0.4, -0.2) is 30.4 Å². The molecule has 1 amide bonds. The molecule has 0 spiro atoms. The SMILES string of the molecule is CNC(=O)C1=C(C(O)c2ccc(F)c(C)c2Br)B(S)N=C1. The van der Waals surface area contributed by atoms with Crippen molar-refractivity contribution in [2.24, 2.45) is 4.90 Å². The van der Waals surface area contributed by atoms with Crippen LogP contribution in [0.3, 0.4) is 0 Å². The molecule has 1 aliphatic rings. The number of hydrogen-bond acceptors (Lipinski definition) is 4. The van der Waals surface area contributed by atoms with Gasteiger partial charge < -0.3 is 15.3 Å². The van der Waals surface area contributed by atoms with Gasteiger partial charge in [0, 0.05) is 17.7 Å². The molecule has 1 aliphatic heterocycles. The summed E-state index contributed by atoms with van der Waals surface area (Å²) in [6.07, 6.45) is -0.320. The Kier molecular flexibility index (Phi) is 4.90. The van der Waals surface area contributed by atoms with Gasteiger partial charge in [0.15, 0.2) is 0 Å². The summed E-state index contributed by atoms with van der Waals surface area (Å²) in [6, 6.07) is 2.76. The molecule has 4 nitrogen and oxygen atoms in total. The fourth-order valence-corrected chi connectivity index (χ4v) is 3.00. The Labute approximate surface area is 136 Å². The molecule has 0 aliphatic carbocycles.